The van der Waals surface area contributed by atoms with Gasteiger partial charge in [0.1, 0.15) is 6.61 Å². The van der Waals surface area contributed by atoms with Gasteiger partial charge < -0.3 is 10.1 Å². The molecule has 0 spiro atoms. The summed E-state index contributed by atoms with van der Waals surface area (Å²) in [5.74, 6) is -3.62. The average Bonchev–Trinajstić information content (AvgIpc) is 2.12. The molecule has 2 nitrogen and oxygen atoms in total. The summed E-state index contributed by atoms with van der Waals surface area (Å²) in [6.07, 6.45) is -0.444. The summed E-state index contributed by atoms with van der Waals surface area (Å²) in [7, 11) is 1.72. The Balaban J connectivity index is 2.22. The summed E-state index contributed by atoms with van der Waals surface area (Å²) in [6, 6.07) is -0.0118. The molecule has 0 heterocycles. The molecule has 16 heavy (non-hydrogen) atoms. The molecule has 0 bridgehead atoms. The molecule has 0 radical (unpaired) electrons. The first-order chi connectivity index (χ1) is 7.47. The molecule has 0 aromatic heterocycles. The Labute approximate surface area is 92.3 Å². The number of likely N-dealkylation sites (N-methyl/N-ethyl adjacent to an activating group) is 1. The van der Waals surface area contributed by atoms with Gasteiger partial charge in [-0.1, -0.05) is 6.42 Å². The van der Waals surface area contributed by atoms with E-state index < -0.39 is 19.0 Å². The van der Waals surface area contributed by atoms with Gasteiger partial charge in [0.25, 0.3) is 0 Å². The SMILES string of the molecule is CNC(COCC(F)(F)C(F)F)C1CCC1. The van der Waals surface area contributed by atoms with Crippen LogP contribution in [-0.4, -0.2) is 38.7 Å². The Morgan fingerprint density at radius 1 is 1.38 bits per heavy atom. The fourth-order valence-corrected chi connectivity index (χ4v) is 1.68. The van der Waals surface area contributed by atoms with Gasteiger partial charge >= 0.3 is 12.3 Å². The summed E-state index contributed by atoms with van der Waals surface area (Å²) < 4.78 is 53.3. The van der Waals surface area contributed by atoms with Crippen molar-refractivity contribution in [2.75, 3.05) is 20.3 Å². The van der Waals surface area contributed by atoms with E-state index in [1.165, 1.54) is 0 Å². The molecular weight excluding hydrogens is 226 g/mol. The Hall–Kier alpha value is -0.360. The highest BCUT2D eigenvalue weighted by Crippen LogP contribution is 2.30. The molecule has 0 saturated heterocycles. The molecule has 96 valence electrons. The monoisotopic (exact) mass is 243 g/mol. The predicted molar refractivity (Wildman–Crippen MR) is 52.0 cm³/mol. The molecule has 1 aliphatic rings. The maximum Gasteiger partial charge on any atom is 0.330 e. The molecule has 0 aromatic rings. The van der Waals surface area contributed by atoms with Gasteiger partial charge in [-0.25, -0.2) is 8.78 Å². The number of rotatable bonds is 7. The van der Waals surface area contributed by atoms with Crippen molar-refractivity contribution in [2.45, 2.75) is 37.7 Å². The van der Waals surface area contributed by atoms with Crippen LogP contribution < -0.4 is 5.32 Å². The van der Waals surface area contributed by atoms with Crippen molar-refractivity contribution >= 4 is 0 Å². The Morgan fingerprint density at radius 2 is 2.00 bits per heavy atom. The van der Waals surface area contributed by atoms with Crippen LogP contribution in [0.4, 0.5) is 17.6 Å². The Morgan fingerprint density at radius 3 is 2.38 bits per heavy atom. The fourth-order valence-electron chi connectivity index (χ4n) is 1.68. The van der Waals surface area contributed by atoms with Crippen LogP contribution in [0.1, 0.15) is 19.3 Å². The zero-order chi connectivity index (χ0) is 12.2. The average molecular weight is 243 g/mol. The fraction of sp³-hybridized carbons (Fsp3) is 1.00. The van der Waals surface area contributed by atoms with Crippen LogP contribution in [-0.2, 0) is 4.74 Å². The second kappa shape index (κ2) is 5.82. The van der Waals surface area contributed by atoms with Crippen molar-refractivity contribution in [3.63, 3.8) is 0 Å². The highest BCUT2D eigenvalue weighted by atomic mass is 19.3. The van der Waals surface area contributed by atoms with Gasteiger partial charge in [0.2, 0.25) is 0 Å². The smallest absolute Gasteiger partial charge is 0.330 e. The molecule has 1 fully saturated rings. The summed E-state index contributed by atoms with van der Waals surface area (Å²) in [5.41, 5.74) is 0. The molecule has 0 aromatic carbocycles. The second-order valence-electron chi connectivity index (χ2n) is 4.16. The van der Waals surface area contributed by atoms with E-state index in [9.17, 15) is 17.6 Å². The van der Waals surface area contributed by atoms with E-state index in [2.05, 4.69) is 10.1 Å². The largest absolute Gasteiger partial charge is 0.373 e. The maximum absolute atomic E-state index is 12.5. The van der Waals surface area contributed by atoms with Crippen LogP contribution in [0.3, 0.4) is 0 Å². The third kappa shape index (κ3) is 3.59. The number of nitrogens with one attached hydrogen (secondary N) is 1. The van der Waals surface area contributed by atoms with E-state index in [1.807, 2.05) is 0 Å². The third-order valence-corrected chi connectivity index (χ3v) is 3.00. The predicted octanol–water partition coefficient (Wildman–Crippen LogP) is 2.29. The lowest BCUT2D eigenvalue weighted by atomic mass is 9.80. The van der Waals surface area contributed by atoms with Gasteiger partial charge in [-0.2, -0.15) is 8.78 Å². The molecule has 6 heteroatoms. The summed E-state index contributed by atoms with van der Waals surface area (Å²) >= 11 is 0. The zero-order valence-corrected chi connectivity index (χ0v) is 9.19. The molecule has 0 aliphatic heterocycles. The lowest BCUT2D eigenvalue weighted by Crippen LogP contribution is -2.42. The van der Waals surface area contributed by atoms with Crippen LogP contribution in [0, 0.1) is 5.92 Å². The van der Waals surface area contributed by atoms with Gasteiger partial charge in [0, 0.05) is 6.04 Å². The first-order valence-corrected chi connectivity index (χ1v) is 5.38. The lowest BCUT2D eigenvalue weighted by Gasteiger charge is -2.33. The Kier molecular flexibility index (Phi) is 4.98. The van der Waals surface area contributed by atoms with Gasteiger partial charge in [-0.3, -0.25) is 0 Å². The van der Waals surface area contributed by atoms with Crippen LogP contribution in [0.15, 0.2) is 0 Å². The quantitative estimate of drug-likeness (QED) is 0.693. The van der Waals surface area contributed by atoms with Crippen molar-refractivity contribution in [3.8, 4) is 0 Å². The summed E-state index contributed by atoms with van der Waals surface area (Å²) in [4.78, 5) is 0. The number of hydrogen-bond donors (Lipinski definition) is 1. The summed E-state index contributed by atoms with van der Waals surface area (Å²) in [6.45, 7) is -1.15. The normalized spacial score (nSPS) is 19.9. The highest BCUT2D eigenvalue weighted by Gasteiger charge is 2.41. The molecule has 0 amide bonds. The molecule has 1 N–H and O–H groups in total. The topological polar surface area (TPSA) is 21.3 Å². The molecule has 1 atom stereocenters. The molecule has 1 saturated carbocycles. The van der Waals surface area contributed by atoms with Gasteiger partial charge in [-0.05, 0) is 25.8 Å². The van der Waals surface area contributed by atoms with E-state index in [-0.39, 0.29) is 12.6 Å². The first-order valence-electron chi connectivity index (χ1n) is 5.38. The van der Waals surface area contributed by atoms with E-state index in [4.69, 9.17) is 0 Å². The van der Waals surface area contributed by atoms with E-state index in [1.54, 1.807) is 7.05 Å². The van der Waals surface area contributed by atoms with Crippen LogP contribution >= 0.6 is 0 Å². The van der Waals surface area contributed by atoms with Crippen molar-refractivity contribution in [1.82, 2.24) is 5.32 Å². The second-order valence-corrected chi connectivity index (χ2v) is 4.16. The minimum Gasteiger partial charge on any atom is -0.373 e. The minimum atomic E-state index is -4.04. The van der Waals surface area contributed by atoms with Gasteiger partial charge in [0.15, 0.2) is 0 Å². The van der Waals surface area contributed by atoms with Crippen LogP contribution in [0.2, 0.25) is 0 Å². The van der Waals surface area contributed by atoms with E-state index in [0.717, 1.165) is 19.3 Å². The lowest BCUT2D eigenvalue weighted by molar-refractivity contribution is -0.168. The minimum absolute atomic E-state index is 0.0118. The highest BCUT2D eigenvalue weighted by molar-refractivity contribution is 4.82. The standard InChI is InChI=1S/C10H17F4NO/c1-15-8(7-3-2-4-7)5-16-6-10(13,14)9(11)12/h7-9,15H,2-6H2,1H3. The van der Waals surface area contributed by atoms with Crippen LogP contribution in [0.25, 0.3) is 0 Å². The van der Waals surface area contributed by atoms with Gasteiger partial charge in [-0.15, -0.1) is 0 Å². The van der Waals surface area contributed by atoms with Crippen molar-refractivity contribution < 1.29 is 22.3 Å². The van der Waals surface area contributed by atoms with Crippen molar-refractivity contribution in [1.29, 1.82) is 0 Å². The van der Waals surface area contributed by atoms with Crippen molar-refractivity contribution in [2.24, 2.45) is 5.92 Å². The zero-order valence-electron chi connectivity index (χ0n) is 9.19. The van der Waals surface area contributed by atoms with Crippen LogP contribution in [0.5, 0.6) is 0 Å². The third-order valence-electron chi connectivity index (χ3n) is 3.00. The van der Waals surface area contributed by atoms with Crippen molar-refractivity contribution in [3.05, 3.63) is 0 Å². The first kappa shape index (κ1) is 13.7. The number of hydrogen-bond acceptors (Lipinski definition) is 2. The number of ether oxygens (including phenoxy) is 1. The molecule has 1 rings (SSSR count). The molecular formula is C10H17F4NO. The van der Waals surface area contributed by atoms with E-state index >= 15 is 0 Å². The Bertz CT molecular complexity index is 209. The molecule has 1 unspecified atom stereocenters. The number of alkyl halides is 4. The number of halogens is 4. The van der Waals surface area contributed by atoms with Gasteiger partial charge in [0.05, 0.1) is 6.61 Å². The van der Waals surface area contributed by atoms with E-state index in [0.29, 0.717) is 5.92 Å². The molecule has 1 aliphatic carbocycles. The summed E-state index contributed by atoms with van der Waals surface area (Å²) in [5, 5.41) is 2.96. The maximum atomic E-state index is 12.5.